The molecular formula is C15H19F3N2O3. The lowest BCUT2D eigenvalue weighted by Crippen LogP contribution is -2.46. The topological polar surface area (TPSA) is 61.8 Å². The number of ether oxygens (including phenoxy) is 1. The van der Waals surface area contributed by atoms with Gasteiger partial charge in [-0.2, -0.15) is 0 Å². The van der Waals surface area contributed by atoms with Gasteiger partial charge in [-0.05, 0) is 31.0 Å². The molecule has 0 amide bonds. The fourth-order valence-electron chi connectivity index (χ4n) is 2.68. The van der Waals surface area contributed by atoms with Crippen molar-refractivity contribution in [1.29, 1.82) is 0 Å². The minimum Gasteiger partial charge on any atom is -0.480 e. The van der Waals surface area contributed by atoms with Crippen LogP contribution >= 0.6 is 0 Å². The molecule has 2 N–H and O–H groups in total. The van der Waals surface area contributed by atoms with Crippen molar-refractivity contribution >= 4 is 5.97 Å². The number of carbonyl (C=O) groups is 1. The Morgan fingerprint density at radius 1 is 1.39 bits per heavy atom. The van der Waals surface area contributed by atoms with Crippen molar-refractivity contribution in [2.75, 3.05) is 19.6 Å². The highest BCUT2D eigenvalue weighted by Crippen LogP contribution is 2.25. The third kappa shape index (κ3) is 5.72. The molecule has 1 atom stereocenters. The van der Waals surface area contributed by atoms with E-state index in [-0.39, 0.29) is 17.8 Å². The molecule has 0 unspecified atom stereocenters. The van der Waals surface area contributed by atoms with Gasteiger partial charge in [0.25, 0.3) is 0 Å². The maximum atomic E-state index is 12.1. The molecular weight excluding hydrogens is 313 g/mol. The van der Waals surface area contributed by atoms with Crippen LogP contribution in [-0.4, -0.2) is 47.5 Å². The first kappa shape index (κ1) is 17.6. The van der Waals surface area contributed by atoms with E-state index in [4.69, 9.17) is 5.11 Å². The van der Waals surface area contributed by atoms with Crippen LogP contribution in [0.15, 0.2) is 24.3 Å². The second-order valence-corrected chi connectivity index (χ2v) is 5.96. The van der Waals surface area contributed by atoms with E-state index in [9.17, 15) is 18.0 Å². The number of nitrogens with one attached hydrogen (secondary N) is 1. The van der Waals surface area contributed by atoms with Crippen molar-refractivity contribution in [2.45, 2.75) is 31.8 Å². The Labute approximate surface area is 132 Å². The Kier molecular flexibility index (Phi) is 5.16. The monoisotopic (exact) mass is 332 g/mol. The van der Waals surface area contributed by atoms with Crippen LogP contribution in [0.25, 0.3) is 0 Å². The van der Waals surface area contributed by atoms with Crippen LogP contribution in [0.3, 0.4) is 0 Å². The number of hydrogen-bond donors (Lipinski definition) is 2. The highest BCUT2D eigenvalue weighted by atomic mass is 19.4. The minimum atomic E-state index is -4.69. The number of benzene rings is 1. The van der Waals surface area contributed by atoms with E-state index in [1.54, 1.807) is 12.1 Å². The van der Waals surface area contributed by atoms with E-state index in [1.165, 1.54) is 12.1 Å². The normalized spacial score (nSPS) is 22.3. The van der Waals surface area contributed by atoms with Crippen LogP contribution < -0.4 is 10.1 Å². The van der Waals surface area contributed by atoms with Gasteiger partial charge in [0, 0.05) is 25.2 Å². The van der Waals surface area contributed by atoms with Crippen molar-refractivity contribution < 1.29 is 27.8 Å². The molecule has 0 spiro atoms. The summed E-state index contributed by atoms with van der Waals surface area (Å²) in [5.74, 6) is -1.14. The number of carboxylic acids is 1. The summed E-state index contributed by atoms with van der Waals surface area (Å²) in [4.78, 5) is 12.8. The lowest BCUT2D eigenvalue weighted by molar-refractivity contribution is -0.274. The van der Waals surface area contributed by atoms with E-state index >= 15 is 0 Å². The van der Waals surface area contributed by atoms with Crippen molar-refractivity contribution in [1.82, 2.24) is 10.2 Å². The molecule has 0 radical (unpaired) electrons. The molecule has 1 aliphatic rings. The van der Waals surface area contributed by atoms with Crippen molar-refractivity contribution in [3.8, 4) is 5.75 Å². The second kappa shape index (κ2) is 6.76. The van der Waals surface area contributed by atoms with Gasteiger partial charge in [0.1, 0.15) is 5.75 Å². The summed E-state index contributed by atoms with van der Waals surface area (Å²) < 4.78 is 40.1. The second-order valence-electron chi connectivity index (χ2n) is 5.96. The zero-order chi connectivity index (χ0) is 17.1. The predicted molar refractivity (Wildman–Crippen MR) is 77.1 cm³/mol. The maximum absolute atomic E-state index is 12.1. The van der Waals surface area contributed by atoms with Crippen molar-refractivity contribution in [3.63, 3.8) is 0 Å². The Morgan fingerprint density at radius 2 is 2.04 bits per heavy atom. The molecule has 1 fully saturated rings. The predicted octanol–water partition coefficient (Wildman–Crippen LogP) is 2.22. The first-order valence-electron chi connectivity index (χ1n) is 7.19. The molecule has 0 bridgehead atoms. The Morgan fingerprint density at radius 3 is 2.61 bits per heavy atom. The van der Waals surface area contributed by atoms with Crippen LogP contribution in [0.4, 0.5) is 13.2 Å². The first-order valence-corrected chi connectivity index (χ1v) is 7.19. The van der Waals surface area contributed by atoms with Gasteiger partial charge in [-0.1, -0.05) is 12.1 Å². The molecule has 1 saturated heterocycles. The molecule has 0 aliphatic carbocycles. The van der Waals surface area contributed by atoms with E-state index in [0.29, 0.717) is 13.1 Å². The number of hydrogen-bond acceptors (Lipinski definition) is 4. The molecule has 5 nitrogen and oxygen atoms in total. The SMILES string of the molecule is C[C@@]1(NCC(=O)O)CCN(Cc2ccc(OC(F)(F)F)cc2)C1. The first-order chi connectivity index (χ1) is 10.7. The van der Waals surface area contributed by atoms with Gasteiger partial charge in [0.2, 0.25) is 0 Å². The van der Waals surface area contributed by atoms with E-state index in [0.717, 1.165) is 18.5 Å². The molecule has 23 heavy (non-hydrogen) atoms. The molecule has 128 valence electrons. The summed E-state index contributed by atoms with van der Waals surface area (Å²) in [6.45, 7) is 3.95. The summed E-state index contributed by atoms with van der Waals surface area (Å²) >= 11 is 0. The summed E-state index contributed by atoms with van der Waals surface area (Å²) in [5.41, 5.74) is 0.611. The van der Waals surface area contributed by atoms with Crippen LogP contribution in [-0.2, 0) is 11.3 Å². The summed E-state index contributed by atoms with van der Waals surface area (Å²) in [5, 5.41) is 11.7. The lowest BCUT2D eigenvalue weighted by Gasteiger charge is -2.25. The van der Waals surface area contributed by atoms with E-state index in [1.807, 2.05) is 6.92 Å². The van der Waals surface area contributed by atoms with Gasteiger partial charge in [-0.3, -0.25) is 9.69 Å². The Balaban J connectivity index is 1.87. The van der Waals surface area contributed by atoms with E-state index in [2.05, 4.69) is 15.0 Å². The molecule has 1 heterocycles. The fourth-order valence-corrected chi connectivity index (χ4v) is 2.68. The standard InChI is InChI=1S/C15H19F3N2O3/c1-14(19-8-13(21)22)6-7-20(10-14)9-11-2-4-12(5-3-11)23-15(16,17)18/h2-5,19H,6-10H2,1H3,(H,21,22)/t14-/m1/s1. The van der Waals surface area contributed by atoms with Crippen LogP contribution in [0.5, 0.6) is 5.75 Å². The number of rotatable bonds is 6. The summed E-state index contributed by atoms with van der Waals surface area (Å²) in [7, 11) is 0. The van der Waals surface area contributed by atoms with Gasteiger partial charge in [-0.25, -0.2) is 0 Å². The minimum absolute atomic E-state index is 0.0895. The molecule has 8 heteroatoms. The average molecular weight is 332 g/mol. The largest absolute Gasteiger partial charge is 0.573 e. The molecule has 0 saturated carbocycles. The maximum Gasteiger partial charge on any atom is 0.573 e. The van der Waals surface area contributed by atoms with Gasteiger partial charge < -0.3 is 15.2 Å². The van der Waals surface area contributed by atoms with Gasteiger partial charge in [0.05, 0.1) is 6.54 Å². The number of carboxylic acid groups (broad SMARTS) is 1. The van der Waals surface area contributed by atoms with Crippen LogP contribution in [0.1, 0.15) is 18.9 Å². The lowest BCUT2D eigenvalue weighted by atomic mass is 10.0. The molecule has 0 aromatic heterocycles. The third-order valence-electron chi connectivity index (χ3n) is 3.78. The number of alkyl halides is 3. The van der Waals surface area contributed by atoms with Crippen molar-refractivity contribution in [3.05, 3.63) is 29.8 Å². The summed E-state index contributed by atoms with van der Waals surface area (Å²) in [6.07, 6.45) is -3.87. The number of likely N-dealkylation sites (tertiary alicyclic amines) is 1. The quantitative estimate of drug-likeness (QED) is 0.836. The summed E-state index contributed by atoms with van der Waals surface area (Å²) in [6, 6.07) is 5.78. The zero-order valence-electron chi connectivity index (χ0n) is 12.7. The molecule has 1 aromatic carbocycles. The third-order valence-corrected chi connectivity index (χ3v) is 3.78. The Hall–Kier alpha value is -1.80. The molecule has 1 aromatic rings. The van der Waals surface area contributed by atoms with Gasteiger partial charge >= 0.3 is 12.3 Å². The van der Waals surface area contributed by atoms with Gasteiger partial charge in [-0.15, -0.1) is 13.2 Å². The number of nitrogens with zero attached hydrogens (tertiary/aromatic N) is 1. The molecule has 2 rings (SSSR count). The Bertz CT molecular complexity index is 548. The highest BCUT2D eigenvalue weighted by molar-refractivity contribution is 5.69. The molecule has 1 aliphatic heterocycles. The van der Waals surface area contributed by atoms with Crippen LogP contribution in [0, 0.1) is 0 Å². The average Bonchev–Trinajstić information content (AvgIpc) is 2.79. The fraction of sp³-hybridized carbons (Fsp3) is 0.533. The van der Waals surface area contributed by atoms with Gasteiger partial charge in [0.15, 0.2) is 0 Å². The smallest absolute Gasteiger partial charge is 0.480 e. The van der Waals surface area contributed by atoms with Crippen molar-refractivity contribution in [2.24, 2.45) is 0 Å². The zero-order valence-corrected chi connectivity index (χ0v) is 12.7. The number of aliphatic carboxylic acids is 1. The van der Waals surface area contributed by atoms with E-state index < -0.39 is 12.3 Å². The van der Waals surface area contributed by atoms with Crippen LogP contribution in [0.2, 0.25) is 0 Å². The highest BCUT2D eigenvalue weighted by Gasteiger charge is 2.34. The number of halogens is 3.